The summed E-state index contributed by atoms with van der Waals surface area (Å²) in [6.07, 6.45) is 6.69. The van der Waals surface area contributed by atoms with E-state index in [2.05, 4.69) is 15.5 Å². The van der Waals surface area contributed by atoms with Gasteiger partial charge in [0.15, 0.2) is 0 Å². The number of halogens is 1. The molecule has 0 bridgehead atoms. The van der Waals surface area contributed by atoms with Crippen LogP contribution in [-0.4, -0.2) is 86.4 Å². The monoisotopic (exact) mass is 663 g/mol. The van der Waals surface area contributed by atoms with Crippen molar-refractivity contribution in [1.82, 2.24) is 15.1 Å². The number of furan rings is 1. The molecule has 2 aliphatic rings. The van der Waals surface area contributed by atoms with Crippen LogP contribution in [0.5, 0.6) is 5.75 Å². The minimum Gasteiger partial charge on any atom is -0.497 e. The van der Waals surface area contributed by atoms with Crippen molar-refractivity contribution in [2.45, 2.75) is 70.4 Å². The SMILES string of the molecule is CCC(=O)N[C@@H](C(=O)N1CCN(C)CC1)[C@@H](C)c1ccc(NC(=O)[C@H](C2CCCCC2)N(C=O)c2coc3cc(OC)ccc23)c(F)c1. The number of hydrogen-bond acceptors (Lipinski definition) is 7. The minimum atomic E-state index is -0.904. The third-order valence-corrected chi connectivity index (χ3v) is 9.81. The Hall–Kier alpha value is -4.45. The first-order chi connectivity index (χ1) is 23.1. The topological polar surface area (TPSA) is 124 Å². The smallest absolute Gasteiger partial charge is 0.247 e. The van der Waals surface area contributed by atoms with Crippen molar-refractivity contribution in [3.63, 3.8) is 0 Å². The summed E-state index contributed by atoms with van der Waals surface area (Å²) in [6, 6.07) is 7.91. The van der Waals surface area contributed by atoms with Crippen LogP contribution in [0.2, 0.25) is 0 Å². The van der Waals surface area contributed by atoms with Crippen LogP contribution in [0.4, 0.5) is 15.8 Å². The highest BCUT2D eigenvalue weighted by atomic mass is 19.1. The first kappa shape index (κ1) is 34.9. The number of ether oxygens (including phenoxy) is 1. The molecule has 2 fully saturated rings. The molecular formula is C36H46FN5O6. The summed E-state index contributed by atoms with van der Waals surface area (Å²) >= 11 is 0. The first-order valence-corrected chi connectivity index (χ1v) is 16.8. The molecule has 1 aliphatic carbocycles. The van der Waals surface area contributed by atoms with Crippen molar-refractivity contribution < 1.29 is 32.7 Å². The predicted octanol–water partition coefficient (Wildman–Crippen LogP) is 4.90. The van der Waals surface area contributed by atoms with Gasteiger partial charge in [-0.05, 0) is 55.6 Å². The van der Waals surface area contributed by atoms with E-state index in [1.807, 2.05) is 7.05 Å². The van der Waals surface area contributed by atoms with Crippen molar-refractivity contribution in [3.8, 4) is 5.75 Å². The van der Waals surface area contributed by atoms with Crippen LogP contribution in [-0.2, 0) is 19.2 Å². The van der Waals surface area contributed by atoms with Gasteiger partial charge >= 0.3 is 0 Å². The summed E-state index contributed by atoms with van der Waals surface area (Å²) in [5.41, 5.74) is 1.43. The second kappa shape index (κ2) is 15.6. The molecule has 48 heavy (non-hydrogen) atoms. The molecule has 3 atom stereocenters. The van der Waals surface area contributed by atoms with Crippen LogP contribution in [0, 0.1) is 11.7 Å². The lowest BCUT2D eigenvalue weighted by Gasteiger charge is -2.36. The number of nitrogens with zero attached hydrogens (tertiary/aromatic N) is 3. The third kappa shape index (κ3) is 7.64. The largest absolute Gasteiger partial charge is 0.497 e. The highest BCUT2D eigenvalue weighted by Crippen LogP contribution is 2.37. The average molecular weight is 664 g/mol. The van der Waals surface area contributed by atoms with Crippen molar-refractivity contribution in [2.75, 3.05) is 50.6 Å². The molecule has 2 aromatic carbocycles. The van der Waals surface area contributed by atoms with Gasteiger partial charge in [-0.15, -0.1) is 0 Å². The van der Waals surface area contributed by atoms with E-state index in [1.54, 1.807) is 50.1 Å². The van der Waals surface area contributed by atoms with Crippen molar-refractivity contribution in [2.24, 2.45) is 5.92 Å². The molecule has 0 spiro atoms. The maximum Gasteiger partial charge on any atom is 0.247 e. The van der Waals surface area contributed by atoms with Crippen LogP contribution in [0.25, 0.3) is 11.0 Å². The Labute approximate surface area is 280 Å². The van der Waals surface area contributed by atoms with Gasteiger partial charge in [0, 0.05) is 50.0 Å². The molecule has 11 nitrogen and oxygen atoms in total. The highest BCUT2D eigenvalue weighted by molar-refractivity contribution is 6.04. The van der Waals surface area contributed by atoms with E-state index < -0.39 is 29.7 Å². The van der Waals surface area contributed by atoms with Gasteiger partial charge in [-0.1, -0.05) is 39.2 Å². The predicted molar refractivity (Wildman–Crippen MR) is 181 cm³/mol. The lowest BCUT2D eigenvalue weighted by molar-refractivity contribution is -0.138. The van der Waals surface area contributed by atoms with Crippen molar-refractivity contribution >= 4 is 46.5 Å². The van der Waals surface area contributed by atoms with Gasteiger partial charge in [-0.2, -0.15) is 0 Å². The van der Waals surface area contributed by atoms with Crippen LogP contribution in [0.1, 0.15) is 63.9 Å². The average Bonchev–Trinajstić information content (AvgIpc) is 3.53. The van der Waals surface area contributed by atoms with Crippen LogP contribution < -0.4 is 20.3 Å². The third-order valence-electron chi connectivity index (χ3n) is 9.81. The lowest BCUT2D eigenvalue weighted by Crippen LogP contribution is -2.55. The van der Waals surface area contributed by atoms with E-state index in [0.717, 1.165) is 45.2 Å². The Morgan fingerprint density at radius 3 is 2.46 bits per heavy atom. The van der Waals surface area contributed by atoms with Gasteiger partial charge < -0.3 is 29.6 Å². The van der Waals surface area contributed by atoms with E-state index in [1.165, 1.54) is 23.3 Å². The molecule has 2 heterocycles. The molecule has 2 N–H and O–H groups in total. The van der Waals surface area contributed by atoms with Gasteiger partial charge in [0.05, 0.1) is 18.5 Å². The lowest BCUT2D eigenvalue weighted by atomic mass is 9.82. The number of fused-ring (bicyclic) bond motifs is 1. The number of amides is 4. The van der Waals surface area contributed by atoms with Gasteiger partial charge in [-0.3, -0.25) is 24.1 Å². The van der Waals surface area contributed by atoms with Gasteiger partial charge in [-0.25, -0.2) is 4.39 Å². The number of carbonyl (C=O) groups is 4. The number of hydrogen-bond donors (Lipinski definition) is 2. The molecule has 3 aromatic rings. The quantitative estimate of drug-likeness (QED) is 0.264. The number of benzene rings is 2. The fraction of sp³-hybridized carbons (Fsp3) is 0.500. The molecule has 0 radical (unpaired) electrons. The molecule has 1 saturated heterocycles. The summed E-state index contributed by atoms with van der Waals surface area (Å²) in [5.74, 6) is -1.74. The van der Waals surface area contributed by atoms with Crippen molar-refractivity contribution in [1.29, 1.82) is 0 Å². The van der Waals surface area contributed by atoms with E-state index >= 15 is 4.39 Å². The molecule has 0 unspecified atom stereocenters. The van der Waals surface area contributed by atoms with E-state index in [-0.39, 0.29) is 29.8 Å². The Kier molecular flexibility index (Phi) is 11.4. The number of rotatable bonds is 12. The van der Waals surface area contributed by atoms with Crippen LogP contribution in [0.3, 0.4) is 0 Å². The molecule has 12 heteroatoms. The zero-order valence-electron chi connectivity index (χ0n) is 28.2. The minimum absolute atomic E-state index is 0.0380. The second-order valence-corrected chi connectivity index (χ2v) is 12.9. The van der Waals surface area contributed by atoms with E-state index in [4.69, 9.17) is 9.15 Å². The number of likely N-dealkylation sites (N-methyl/N-ethyl adjacent to an activating group) is 1. The molecule has 1 aliphatic heterocycles. The van der Waals surface area contributed by atoms with Crippen LogP contribution >= 0.6 is 0 Å². The number of piperazine rings is 1. The van der Waals surface area contributed by atoms with Gasteiger partial charge in [0.1, 0.15) is 35.5 Å². The van der Waals surface area contributed by atoms with Crippen LogP contribution in [0.15, 0.2) is 47.1 Å². The zero-order chi connectivity index (χ0) is 34.4. The molecule has 258 valence electrons. The Bertz CT molecular complexity index is 1610. The second-order valence-electron chi connectivity index (χ2n) is 12.9. The molecule has 1 saturated carbocycles. The number of carbonyl (C=O) groups excluding carboxylic acids is 4. The number of anilines is 2. The molecule has 1 aromatic heterocycles. The van der Waals surface area contributed by atoms with Gasteiger partial charge in [0.25, 0.3) is 0 Å². The normalized spacial score (nSPS) is 17.7. The fourth-order valence-corrected chi connectivity index (χ4v) is 6.83. The van der Waals surface area contributed by atoms with Crippen molar-refractivity contribution in [3.05, 3.63) is 54.0 Å². The van der Waals surface area contributed by atoms with E-state index in [9.17, 15) is 19.2 Å². The summed E-state index contributed by atoms with van der Waals surface area (Å²) in [7, 11) is 3.55. The molecule has 4 amide bonds. The first-order valence-electron chi connectivity index (χ1n) is 16.8. The zero-order valence-corrected chi connectivity index (χ0v) is 28.2. The summed E-state index contributed by atoms with van der Waals surface area (Å²) in [5, 5.41) is 6.25. The highest BCUT2D eigenvalue weighted by Gasteiger charge is 2.37. The molecule has 5 rings (SSSR count). The number of methoxy groups -OCH3 is 1. The standard InChI is InChI=1S/C36H46FN5O6/c1-5-32(44)39-33(36(46)41-17-15-40(3)16-18-41)23(2)25-11-14-29(28(37)19-25)38-35(45)34(24-9-7-6-8-10-24)42(22-43)30-21-48-31-20-26(47-4)12-13-27(30)31/h11-14,19-24,33-34H,5-10,15-18H2,1-4H3,(H,38,45)(H,39,44)/t23-,33+,34-/m0/s1. The maximum absolute atomic E-state index is 15.8. The summed E-state index contributed by atoms with van der Waals surface area (Å²) < 4.78 is 26.8. The maximum atomic E-state index is 15.8. The Morgan fingerprint density at radius 2 is 1.81 bits per heavy atom. The fourth-order valence-electron chi connectivity index (χ4n) is 6.83. The summed E-state index contributed by atoms with van der Waals surface area (Å²) in [6.45, 7) is 6.05. The van der Waals surface area contributed by atoms with E-state index in [0.29, 0.717) is 47.5 Å². The Balaban J connectivity index is 1.39. The number of nitrogens with one attached hydrogen (secondary N) is 2. The summed E-state index contributed by atoms with van der Waals surface area (Å²) in [4.78, 5) is 58.0. The van der Waals surface area contributed by atoms with Gasteiger partial charge in [0.2, 0.25) is 24.1 Å². The Morgan fingerprint density at radius 1 is 1.08 bits per heavy atom. The molecular weight excluding hydrogens is 617 g/mol.